The Morgan fingerprint density at radius 1 is 1.15 bits per heavy atom. The van der Waals surface area contributed by atoms with Gasteiger partial charge in [-0.05, 0) is 54.1 Å². The number of fused-ring (bicyclic) bond motifs is 1. The van der Waals surface area contributed by atoms with Crippen LogP contribution in [0.2, 0.25) is 5.02 Å². The number of hydrogen-bond acceptors (Lipinski definition) is 6. The summed E-state index contributed by atoms with van der Waals surface area (Å²) in [5.74, 6) is 0.390. The molecule has 0 fully saturated rings. The number of hydrazone groups is 1. The van der Waals surface area contributed by atoms with Crippen molar-refractivity contribution >= 4 is 46.4 Å². The number of carbonyl (C=O) groups excluding carboxylic acids is 1. The van der Waals surface area contributed by atoms with E-state index in [0.29, 0.717) is 32.5 Å². The fraction of sp³-hybridized carbons (Fsp3) is 0.0833. The molecule has 0 saturated carbocycles. The number of nitrogens with zero attached hydrogens (tertiary/aromatic N) is 3. The van der Waals surface area contributed by atoms with E-state index in [9.17, 15) is 9.59 Å². The summed E-state index contributed by atoms with van der Waals surface area (Å²) in [4.78, 5) is 30.2. The second-order valence-corrected chi connectivity index (χ2v) is 8.27. The van der Waals surface area contributed by atoms with Gasteiger partial charge in [0.2, 0.25) is 0 Å². The van der Waals surface area contributed by atoms with E-state index < -0.39 is 0 Å². The van der Waals surface area contributed by atoms with Crippen LogP contribution in [0.1, 0.15) is 5.56 Å². The Morgan fingerprint density at radius 2 is 1.94 bits per heavy atom. The number of methoxy groups -OCH3 is 1. The van der Waals surface area contributed by atoms with Crippen molar-refractivity contribution in [2.45, 2.75) is 5.16 Å². The molecule has 1 N–H and O–H groups in total. The van der Waals surface area contributed by atoms with Crippen LogP contribution in [-0.4, -0.2) is 34.5 Å². The van der Waals surface area contributed by atoms with Crippen LogP contribution >= 0.6 is 23.4 Å². The van der Waals surface area contributed by atoms with E-state index in [2.05, 4.69) is 15.5 Å². The highest BCUT2D eigenvalue weighted by Gasteiger charge is 2.14. The highest BCUT2D eigenvalue weighted by atomic mass is 35.5. The first-order chi connectivity index (χ1) is 16.0. The van der Waals surface area contributed by atoms with Gasteiger partial charge in [0.25, 0.3) is 11.5 Å². The van der Waals surface area contributed by atoms with Crippen molar-refractivity contribution in [3.05, 3.63) is 93.7 Å². The molecule has 1 amide bonds. The largest absolute Gasteiger partial charge is 0.497 e. The highest BCUT2D eigenvalue weighted by Crippen LogP contribution is 2.22. The number of rotatable bonds is 7. The topological polar surface area (TPSA) is 85.6 Å². The van der Waals surface area contributed by atoms with Crippen LogP contribution in [0, 0.1) is 0 Å². The molecule has 4 rings (SSSR count). The number of nitrogens with one attached hydrogen (secondary N) is 1. The van der Waals surface area contributed by atoms with Crippen LogP contribution in [0.15, 0.2) is 87.8 Å². The molecule has 0 spiro atoms. The van der Waals surface area contributed by atoms with Gasteiger partial charge in [-0.25, -0.2) is 10.4 Å². The molecular formula is C24H19ClN4O3S. The van der Waals surface area contributed by atoms with Crippen molar-refractivity contribution in [3.63, 3.8) is 0 Å². The molecule has 0 aliphatic heterocycles. The number of hydrogen-bond donors (Lipinski definition) is 1. The zero-order valence-corrected chi connectivity index (χ0v) is 19.1. The zero-order chi connectivity index (χ0) is 23.2. The summed E-state index contributed by atoms with van der Waals surface area (Å²) in [6.45, 7) is 0. The third kappa shape index (κ3) is 5.42. The molecule has 33 heavy (non-hydrogen) atoms. The van der Waals surface area contributed by atoms with Crippen molar-refractivity contribution in [2.24, 2.45) is 5.10 Å². The Labute approximate surface area is 199 Å². The summed E-state index contributed by atoms with van der Waals surface area (Å²) in [5, 5.41) is 5.43. The Bertz CT molecular complexity index is 1390. The van der Waals surface area contributed by atoms with E-state index in [1.54, 1.807) is 55.6 Å². The number of benzene rings is 3. The van der Waals surface area contributed by atoms with Gasteiger partial charge in [-0.15, -0.1) is 0 Å². The first kappa shape index (κ1) is 22.6. The average Bonchev–Trinajstić information content (AvgIpc) is 2.84. The molecule has 0 atom stereocenters. The van der Waals surface area contributed by atoms with E-state index in [1.165, 1.54) is 10.8 Å². The lowest BCUT2D eigenvalue weighted by atomic mass is 10.2. The van der Waals surface area contributed by atoms with E-state index in [0.717, 1.165) is 17.3 Å². The van der Waals surface area contributed by atoms with E-state index >= 15 is 0 Å². The molecule has 4 aromatic rings. The Hall–Kier alpha value is -3.62. The van der Waals surface area contributed by atoms with Gasteiger partial charge < -0.3 is 4.74 Å². The standard InChI is InChI=1S/C24H19ClN4O3S/c1-32-19-6-4-5-16(13-19)14-26-28-22(30)15-33-24-27-21-8-3-2-7-20(21)23(31)29(24)18-11-9-17(25)10-12-18/h2-14H,15H2,1H3,(H,28,30). The Balaban J connectivity index is 1.54. The fourth-order valence-electron chi connectivity index (χ4n) is 3.09. The molecular weight excluding hydrogens is 460 g/mol. The molecule has 0 bridgehead atoms. The molecule has 1 heterocycles. The summed E-state index contributed by atoms with van der Waals surface area (Å²) < 4.78 is 6.65. The predicted molar refractivity (Wildman–Crippen MR) is 132 cm³/mol. The summed E-state index contributed by atoms with van der Waals surface area (Å²) in [6, 6.07) is 21.3. The second-order valence-electron chi connectivity index (χ2n) is 6.89. The number of halogens is 1. The maximum atomic E-state index is 13.2. The van der Waals surface area contributed by atoms with Gasteiger partial charge in [0.15, 0.2) is 5.16 Å². The predicted octanol–water partition coefficient (Wildman–Crippen LogP) is 4.29. The monoisotopic (exact) mass is 478 g/mol. The number of ether oxygens (including phenoxy) is 1. The van der Waals surface area contributed by atoms with Gasteiger partial charge in [-0.1, -0.05) is 47.6 Å². The van der Waals surface area contributed by atoms with E-state index in [4.69, 9.17) is 16.3 Å². The van der Waals surface area contributed by atoms with Gasteiger partial charge in [0.05, 0.1) is 35.7 Å². The number of thioether (sulfide) groups is 1. The van der Waals surface area contributed by atoms with Crippen LogP contribution in [0.25, 0.3) is 16.6 Å². The molecule has 7 nitrogen and oxygen atoms in total. The van der Waals surface area contributed by atoms with Gasteiger partial charge >= 0.3 is 0 Å². The first-order valence-corrected chi connectivity index (χ1v) is 11.3. The third-order valence-electron chi connectivity index (χ3n) is 4.66. The van der Waals surface area contributed by atoms with E-state index in [1.807, 2.05) is 24.3 Å². The summed E-state index contributed by atoms with van der Waals surface area (Å²) in [7, 11) is 1.58. The smallest absolute Gasteiger partial charge is 0.266 e. The molecule has 0 saturated heterocycles. The second kappa shape index (κ2) is 10.3. The average molecular weight is 479 g/mol. The van der Waals surface area contributed by atoms with Gasteiger partial charge in [-0.2, -0.15) is 5.10 Å². The quantitative estimate of drug-likeness (QED) is 0.185. The SMILES string of the molecule is COc1cccc(C=NNC(=O)CSc2nc3ccccc3c(=O)n2-c2ccc(Cl)cc2)c1. The highest BCUT2D eigenvalue weighted by molar-refractivity contribution is 7.99. The Morgan fingerprint density at radius 3 is 2.73 bits per heavy atom. The van der Waals surface area contributed by atoms with Crippen LogP contribution in [0.4, 0.5) is 0 Å². The Kier molecular flexibility index (Phi) is 7.07. The van der Waals surface area contributed by atoms with Crippen molar-refractivity contribution in [1.82, 2.24) is 15.0 Å². The van der Waals surface area contributed by atoms with Crippen LogP contribution in [-0.2, 0) is 4.79 Å². The normalized spacial score (nSPS) is 11.1. The molecule has 9 heteroatoms. The number of aromatic nitrogens is 2. The van der Waals surface area contributed by atoms with E-state index in [-0.39, 0.29) is 17.2 Å². The van der Waals surface area contributed by atoms with Gasteiger partial charge in [0, 0.05) is 5.02 Å². The van der Waals surface area contributed by atoms with Crippen LogP contribution in [0.5, 0.6) is 5.75 Å². The molecule has 0 aliphatic carbocycles. The molecule has 0 radical (unpaired) electrons. The van der Waals surface area contributed by atoms with Crippen molar-refractivity contribution in [2.75, 3.05) is 12.9 Å². The molecule has 166 valence electrons. The molecule has 0 unspecified atom stereocenters. The molecule has 3 aromatic carbocycles. The summed E-state index contributed by atoms with van der Waals surface area (Å²) in [6.07, 6.45) is 1.53. The summed E-state index contributed by atoms with van der Waals surface area (Å²) in [5.41, 5.74) is 4.23. The lowest BCUT2D eigenvalue weighted by Crippen LogP contribution is -2.24. The minimum absolute atomic E-state index is 0.0216. The maximum absolute atomic E-state index is 13.2. The zero-order valence-electron chi connectivity index (χ0n) is 17.6. The number of amides is 1. The minimum atomic E-state index is -0.329. The summed E-state index contributed by atoms with van der Waals surface area (Å²) >= 11 is 7.15. The van der Waals surface area contributed by atoms with Gasteiger partial charge in [-0.3, -0.25) is 14.2 Å². The number of carbonyl (C=O) groups is 1. The minimum Gasteiger partial charge on any atom is -0.497 e. The first-order valence-electron chi connectivity index (χ1n) is 9.91. The lowest BCUT2D eigenvalue weighted by molar-refractivity contribution is -0.118. The van der Waals surface area contributed by atoms with Crippen molar-refractivity contribution in [3.8, 4) is 11.4 Å². The van der Waals surface area contributed by atoms with Crippen molar-refractivity contribution < 1.29 is 9.53 Å². The fourth-order valence-corrected chi connectivity index (χ4v) is 4.02. The number of para-hydroxylation sites is 1. The van der Waals surface area contributed by atoms with Gasteiger partial charge in [0.1, 0.15) is 5.75 Å². The molecule has 0 aliphatic rings. The van der Waals surface area contributed by atoms with Crippen molar-refractivity contribution in [1.29, 1.82) is 0 Å². The lowest BCUT2D eigenvalue weighted by Gasteiger charge is -2.13. The van der Waals surface area contributed by atoms with Crippen LogP contribution in [0.3, 0.4) is 0 Å². The molecule has 1 aromatic heterocycles. The maximum Gasteiger partial charge on any atom is 0.266 e. The third-order valence-corrected chi connectivity index (χ3v) is 5.85. The van der Waals surface area contributed by atoms with Crippen LogP contribution < -0.4 is 15.7 Å².